The first-order valence-corrected chi connectivity index (χ1v) is 21.9. The first-order chi connectivity index (χ1) is 31.2. The molecule has 0 fully saturated rings. The van der Waals surface area contributed by atoms with Gasteiger partial charge in [0.1, 0.15) is 12.3 Å². The molecule has 0 spiro atoms. The number of nitrogens with one attached hydrogen (secondary N) is 4. The maximum atomic E-state index is 4.05. The molecule has 3 aliphatic rings. The van der Waals surface area contributed by atoms with Crippen molar-refractivity contribution in [2.75, 3.05) is 22.1 Å². The van der Waals surface area contributed by atoms with Gasteiger partial charge in [0.15, 0.2) is 0 Å². The van der Waals surface area contributed by atoms with Crippen molar-refractivity contribution in [3.05, 3.63) is 240 Å². The molecule has 9 aromatic carbocycles. The van der Waals surface area contributed by atoms with Crippen LogP contribution >= 0.6 is 0 Å². The minimum absolute atomic E-state index is 0.0306. The van der Waals surface area contributed by atoms with Crippen LogP contribution in [0.25, 0.3) is 55.6 Å². The fourth-order valence-corrected chi connectivity index (χ4v) is 9.82. The molecule has 0 bridgehead atoms. The standard InChI is InChI=1S/C58H45N5/c1-3-13-38(14-4-1)39-24-30-43(31-25-39)51-37-52(61-57(60-51)45-16-5-2-6-17-45)44-32-26-40(27-33-44)41-28-34-46(35-29-41)58-62-55-49-21-10-9-20-48(49)54-50(22-12-36-59-54)56(55)63(58)53-23-11-18-42-15-7-8-19-47(42)53/h1-35,37,51,57-62H,36H2. The maximum absolute atomic E-state index is 4.05. The van der Waals surface area contributed by atoms with Crippen molar-refractivity contribution < 1.29 is 0 Å². The Balaban J connectivity index is 0.874. The fraction of sp³-hybridized carbons (Fsp3) is 0.0690. The largest absolute Gasteiger partial charge is 0.381 e. The van der Waals surface area contributed by atoms with E-state index in [1.807, 2.05) is 0 Å². The van der Waals surface area contributed by atoms with Crippen molar-refractivity contribution in [2.24, 2.45) is 0 Å². The lowest BCUT2D eigenvalue weighted by atomic mass is 9.95. The van der Waals surface area contributed by atoms with Crippen molar-refractivity contribution in [3.63, 3.8) is 0 Å². The van der Waals surface area contributed by atoms with Gasteiger partial charge in [-0.1, -0.05) is 206 Å². The van der Waals surface area contributed by atoms with Crippen LogP contribution in [0.1, 0.15) is 46.2 Å². The van der Waals surface area contributed by atoms with Gasteiger partial charge in [0.05, 0.1) is 28.8 Å². The van der Waals surface area contributed by atoms with Gasteiger partial charge in [-0.3, -0.25) is 5.32 Å². The Bertz CT molecular complexity index is 3190. The van der Waals surface area contributed by atoms with Crippen LogP contribution in [0.3, 0.4) is 0 Å². The minimum atomic E-state index is -0.120. The van der Waals surface area contributed by atoms with Gasteiger partial charge in [0, 0.05) is 34.0 Å². The fourth-order valence-electron chi connectivity index (χ4n) is 9.82. The van der Waals surface area contributed by atoms with E-state index in [-0.39, 0.29) is 18.4 Å². The van der Waals surface area contributed by atoms with E-state index in [1.54, 1.807) is 0 Å². The van der Waals surface area contributed by atoms with E-state index in [0.29, 0.717) is 0 Å². The smallest absolute Gasteiger partial charge is 0.130 e. The van der Waals surface area contributed by atoms with Crippen LogP contribution in [0.15, 0.2) is 212 Å². The normalized spacial score (nSPS) is 17.6. The zero-order valence-electron chi connectivity index (χ0n) is 34.7. The molecule has 0 amide bonds. The summed E-state index contributed by atoms with van der Waals surface area (Å²) in [6.07, 6.45) is 6.69. The molecule has 3 unspecified atom stereocenters. The quantitative estimate of drug-likeness (QED) is 0.129. The molecule has 5 heteroatoms. The second-order valence-electron chi connectivity index (χ2n) is 16.7. The molecule has 0 aromatic heterocycles. The van der Waals surface area contributed by atoms with Crippen molar-refractivity contribution in [1.82, 2.24) is 10.6 Å². The summed E-state index contributed by atoms with van der Waals surface area (Å²) in [5, 5.41) is 20.4. The van der Waals surface area contributed by atoms with E-state index >= 15 is 0 Å². The van der Waals surface area contributed by atoms with Gasteiger partial charge >= 0.3 is 0 Å². The molecular weight excluding hydrogens is 767 g/mol. The highest BCUT2D eigenvalue weighted by Crippen LogP contribution is 2.55. The van der Waals surface area contributed by atoms with Crippen LogP contribution in [0.2, 0.25) is 0 Å². The molecule has 12 rings (SSSR count). The number of anilines is 4. The molecule has 0 aliphatic carbocycles. The zero-order chi connectivity index (χ0) is 41.7. The molecular formula is C58H45N5. The lowest BCUT2D eigenvalue weighted by molar-refractivity contribution is 0.443. The highest BCUT2D eigenvalue weighted by molar-refractivity contribution is 6.15. The summed E-state index contributed by atoms with van der Waals surface area (Å²) < 4.78 is 0. The third-order valence-corrected chi connectivity index (χ3v) is 13.0. The number of nitrogens with zero attached hydrogens (tertiary/aromatic N) is 1. The van der Waals surface area contributed by atoms with E-state index < -0.39 is 0 Å². The molecule has 302 valence electrons. The van der Waals surface area contributed by atoms with Gasteiger partial charge in [-0.05, 0) is 62.0 Å². The zero-order valence-corrected chi connectivity index (χ0v) is 34.7. The van der Waals surface area contributed by atoms with Crippen molar-refractivity contribution >= 4 is 56.1 Å². The molecule has 63 heavy (non-hydrogen) atoms. The predicted molar refractivity (Wildman–Crippen MR) is 264 cm³/mol. The third kappa shape index (κ3) is 6.62. The van der Waals surface area contributed by atoms with E-state index in [4.69, 9.17) is 0 Å². The van der Waals surface area contributed by atoms with Gasteiger partial charge in [-0.15, -0.1) is 0 Å². The van der Waals surface area contributed by atoms with E-state index in [1.165, 1.54) is 83.1 Å². The van der Waals surface area contributed by atoms with E-state index in [0.717, 1.165) is 23.5 Å². The summed E-state index contributed by atoms with van der Waals surface area (Å²) in [4.78, 5) is 2.53. The first kappa shape index (κ1) is 36.9. The highest BCUT2D eigenvalue weighted by Gasteiger charge is 2.37. The van der Waals surface area contributed by atoms with Gasteiger partial charge in [0.25, 0.3) is 0 Å². The van der Waals surface area contributed by atoms with E-state index in [2.05, 4.69) is 245 Å². The first-order valence-electron chi connectivity index (χ1n) is 21.9. The van der Waals surface area contributed by atoms with Crippen LogP contribution < -0.4 is 26.2 Å². The molecule has 4 N–H and O–H groups in total. The van der Waals surface area contributed by atoms with Crippen LogP contribution in [0.4, 0.5) is 22.7 Å². The molecule has 5 nitrogen and oxygen atoms in total. The number of fused-ring (bicyclic) bond motifs is 7. The van der Waals surface area contributed by atoms with Crippen molar-refractivity contribution in [3.8, 4) is 22.3 Å². The molecule has 3 heterocycles. The number of benzene rings is 9. The Hall–Kier alpha value is -7.86. The second-order valence-corrected chi connectivity index (χ2v) is 16.7. The Morgan fingerprint density at radius 3 is 1.75 bits per heavy atom. The maximum Gasteiger partial charge on any atom is 0.130 e. The Kier molecular flexibility index (Phi) is 9.12. The average Bonchev–Trinajstić information content (AvgIpc) is 3.78. The minimum Gasteiger partial charge on any atom is -0.381 e. The number of hydrogen-bond acceptors (Lipinski definition) is 5. The number of hydrogen-bond donors (Lipinski definition) is 4. The van der Waals surface area contributed by atoms with Gasteiger partial charge in [-0.2, -0.15) is 0 Å². The molecule has 9 aromatic rings. The highest BCUT2D eigenvalue weighted by atomic mass is 15.3. The topological polar surface area (TPSA) is 51.4 Å². The number of rotatable bonds is 7. The van der Waals surface area contributed by atoms with Crippen LogP contribution in [0.5, 0.6) is 0 Å². The summed E-state index contributed by atoms with van der Waals surface area (Å²) in [7, 11) is 0. The second kappa shape index (κ2) is 15.6. The van der Waals surface area contributed by atoms with Crippen LogP contribution in [-0.4, -0.2) is 6.54 Å². The monoisotopic (exact) mass is 811 g/mol. The Morgan fingerprint density at radius 1 is 0.444 bits per heavy atom. The average molecular weight is 812 g/mol. The van der Waals surface area contributed by atoms with Gasteiger partial charge in [0.2, 0.25) is 0 Å². The van der Waals surface area contributed by atoms with Crippen molar-refractivity contribution in [1.29, 1.82) is 0 Å². The Morgan fingerprint density at radius 2 is 1.02 bits per heavy atom. The lowest BCUT2D eigenvalue weighted by Crippen LogP contribution is -2.39. The molecule has 0 saturated heterocycles. The summed E-state index contributed by atoms with van der Waals surface area (Å²) in [5.74, 6) is 0. The summed E-state index contributed by atoms with van der Waals surface area (Å²) in [6, 6.07) is 72.5. The summed E-state index contributed by atoms with van der Waals surface area (Å²) in [6.45, 7) is 0.813. The summed E-state index contributed by atoms with van der Waals surface area (Å²) in [5.41, 5.74) is 16.7. The molecule has 0 saturated carbocycles. The molecule has 3 atom stereocenters. The van der Waals surface area contributed by atoms with Gasteiger partial charge in [-0.25, -0.2) is 0 Å². The Labute approximate surface area is 368 Å². The van der Waals surface area contributed by atoms with Gasteiger partial charge < -0.3 is 20.9 Å². The van der Waals surface area contributed by atoms with Crippen molar-refractivity contribution in [2.45, 2.75) is 18.4 Å². The SMILES string of the molecule is C1=Cc2c3c(c4ccccc4c2NC1)NC(c1ccc(-c2ccc(C4=CC(c5ccc(-c6ccccc6)cc5)NC(c5ccccc5)N4)cc2)cc1)N3c1cccc2ccccc12. The third-order valence-electron chi connectivity index (χ3n) is 13.0. The van der Waals surface area contributed by atoms with Crippen LogP contribution in [0, 0.1) is 0 Å². The van der Waals surface area contributed by atoms with Crippen LogP contribution in [-0.2, 0) is 0 Å². The summed E-state index contributed by atoms with van der Waals surface area (Å²) >= 11 is 0. The molecule has 0 radical (unpaired) electrons. The predicted octanol–water partition coefficient (Wildman–Crippen LogP) is 14.0. The lowest BCUT2D eigenvalue weighted by Gasteiger charge is -2.33. The van der Waals surface area contributed by atoms with E-state index in [9.17, 15) is 0 Å². The molecule has 3 aliphatic heterocycles.